The highest BCUT2D eigenvalue weighted by molar-refractivity contribution is 7.99. The van der Waals surface area contributed by atoms with Crippen molar-refractivity contribution in [2.75, 3.05) is 18.1 Å². The van der Waals surface area contributed by atoms with Gasteiger partial charge in [0.1, 0.15) is 6.04 Å². The Morgan fingerprint density at radius 3 is 2.89 bits per heavy atom. The van der Waals surface area contributed by atoms with Crippen molar-refractivity contribution < 1.29 is 14.7 Å². The topological polar surface area (TPSA) is 57.6 Å². The summed E-state index contributed by atoms with van der Waals surface area (Å²) in [5, 5.41) is 9.67. The van der Waals surface area contributed by atoms with E-state index < -0.39 is 12.0 Å². The molecule has 0 bridgehead atoms. The first-order chi connectivity index (χ1) is 9.00. The van der Waals surface area contributed by atoms with Gasteiger partial charge >= 0.3 is 5.97 Å². The number of hydrogen-bond acceptors (Lipinski definition) is 3. The quantitative estimate of drug-likeness (QED) is 0.910. The van der Waals surface area contributed by atoms with Crippen LogP contribution in [0.3, 0.4) is 0 Å². The first kappa shape index (κ1) is 14.2. The molecular formula is C13H14ClNO3S. The maximum absolute atomic E-state index is 12.5. The van der Waals surface area contributed by atoms with E-state index in [1.165, 1.54) is 4.90 Å². The molecule has 1 aromatic rings. The van der Waals surface area contributed by atoms with Gasteiger partial charge in [0.25, 0.3) is 5.91 Å². The van der Waals surface area contributed by atoms with Gasteiger partial charge in [-0.1, -0.05) is 17.7 Å². The Morgan fingerprint density at radius 2 is 2.21 bits per heavy atom. The molecule has 102 valence electrons. The Bertz CT molecular complexity index is 521. The van der Waals surface area contributed by atoms with E-state index in [4.69, 9.17) is 11.6 Å². The van der Waals surface area contributed by atoms with Gasteiger partial charge in [0.2, 0.25) is 0 Å². The molecule has 0 spiro atoms. The van der Waals surface area contributed by atoms with Crippen molar-refractivity contribution in [3.63, 3.8) is 0 Å². The van der Waals surface area contributed by atoms with Crippen LogP contribution < -0.4 is 0 Å². The number of amides is 1. The van der Waals surface area contributed by atoms with E-state index in [0.29, 0.717) is 22.9 Å². The number of carbonyl (C=O) groups excluding carboxylic acids is 1. The number of halogens is 1. The molecule has 1 fully saturated rings. The normalized spacial score (nSPS) is 19.3. The van der Waals surface area contributed by atoms with Crippen molar-refractivity contribution in [3.05, 3.63) is 34.3 Å². The number of benzene rings is 1. The zero-order valence-electron chi connectivity index (χ0n) is 10.4. The van der Waals surface area contributed by atoms with Crippen LogP contribution in [0.1, 0.15) is 15.9 Å². The summed E-state index contributed by atoms with van der Waals surface area (Å²) in [4.78, 5) is 25.1. The third kappa shape index (κ3) is 3.04. The number of nitrogens with zero attached hydrogens (tertiary/aromatic N) is 1. The smallest absolute Gasteiger partial charge is 0.327 e. The van der Waals surface area contributed by atoms with Crippen molar-refractivity contribution in [1.29, 1.82) is 0 Å². The summed E-state index contributed by atoms with van der Waals surface area (Å²) in [7, 11) is 0. The Hall–Kier alpha value is -1.20. The SMILES string of the molecule is Cc1ccc(Cl)cc1C(=O)N1CCSCC1C(=O)O. The zero-order chi connectivity index (χ0) is 14.0. The third-order valence-corrected chi connectivity index (χ3v) is 4.36. The van der Waals surface area contributed by atoms with Crippen molar-refractivity contribution in [2.45, 2.75) is 13.0 Å². The molecule has 2 rings (SSSR count). The van der Waals surface area contributed by atoms with E-state index >= 15 is 0 Å². The van der Waals surface area contributed by atoms with Gasteiger partial charge in [-0.3, -0.25) is 4.79 Å². The summed E-state index contributed by atoms with van der Waals surface area (Å²) >= 11 is 7.46. The number of aryl methyl sites for hydroxylation is 1. The van der Waals surface area contributed by atoms with E-state index in [9.17, 15) is 14.7 Å². The fraction of sp³-hybridized carbons (Fsp3) is 0.385. The Labute approximate surface area is 120 Å². The average molecular weight is 300 g/mol. The Kier molecular flexibility index (Phi) is 4.37. The lowest BCUT2D eigenvalue weighted by Crippen LogP contribution is -2.50. The molecule has 1 unspecified atom stereocenters. The van der Waals surface area contributed by atoms with Crippen LogP contribution >= 0.6 is 23.4 Å². The maximum Gasteiger partial charge on any atom is 0.327 e. The molecule has 0 aliphatic carbocycles. The Morgan fingerprint density at radius 1 is 1.47 bits per heavy atom. The minimum absolute atomic E-state index is 0.257. The molecule has 1 N–H and O–H groups in total. The Balaban J connectivity index is 2.31. The molecule has 1 heterocycles. The molecule has 6 heteroatoms. The second-order valence-corrected chi connectivity index (χ2v) is 5.97. The number of carboxylic acids is 1. The van der Waals surface area contributed by atoms with Gasteiger partial charge in [0, 0.05) is 28.6 Å². The lowest BCUT2D eigenvalue weighted by molar-refractivity contribution is -0.141. The van der Waals surface area contributed by atoms with Gasteiger partial charge in [-0.05, 0) is 24.6 Å². The second kappa shape index (κ2) is 5.84. The minimum atomic E-state index is -0.958. The molecule has 1 aromatic carbocycles. The van der Waals surface area contributed by atoms with E-state index in [2.05, 4.69) is 0 Å². The van der Waals surface area contributed by atoms with Gasteiger partial charge in [-0.2, -0.15) is 11.8 Å². The van der Waals surface area contributed by atoms with Crippen molar-refractivity contribution in [1.82, 2.24) is 4.90 Å². The fourth-order valence-electron chi connectivity index (χ4n) is 2.03. The predicted molar refractivity (Wildman–Crippen MR) is 76.0 cm³/mol. The molecular weight excluding hydrogens is 286 g/mol. The second-order valence-electron chi connectivity index (χ2n) is 4.39. The minimum Gasteiger partial charge on any atom is -0.480 e. The first-order valence-electron chi connectivity index (χ1n) is 5.88. The third-order valence-electron chi connectivity index (χ3n) is 3.10. The maximum atomic E-state index is 12.5. The number of carboxylic acid groups (broad SMARTS) is 1. The van der Waals surface area contributed by atoms with Crippen molar-refractivity contribution >= 4 is 35.2 Å². The van der Waals surface area contributed by atoms with Gasteiger partial charge < -0.3 is 10.0 Å². The first-order valence-corrected chi connectivity index (χ1v) is 7.41. The van der Waals surface area contributed by atoms with E-state index in [-0.39, 0.29) is 5.91 Å². The molecule has 4 nitrogen and oxygen atoms in total. The summed E-state index contributed by atoms with van der Waals surface area (Å²) in [6.07, 6.45) is 0. The molecule has 1 aliphatic heterocycles. The number of carbonyl (C=O) groups is 2. The molecule has 0 radical (unpaired) electrons. The number of rotatable bonds is 2. The summed E-state index contributed by atoms with van der Waals surface area (Å²) in [5.41, 5.74) is 1.28. The van der Waals surface area contributed by atoms with Crippen LogP contribution in [0, 0.1) is 6.92 Å². The highest BCUT2D eigenvalue weighted by Crippen LogP contribution is 2.22. The molecule has 1 saturated heterocycles. The van der Waals surface area contributed by atoms with Gasteiger partial charge in [0.05, 0.1) is 0 Å². The number of thioether (sulfide) groups is 1. The van der Waals surface area contributed by atoms with Crippen molar-refractivity contribution in [3.8, 4) is 0 Å². The molecule has 19 heavy (non-hydrogen) atoms. The standard InChI is InChI=1S/C13H14ClNO3S/c1-8-2-3-9(14)6-10(8)12(16)15-4-5-19-7-11(15)13(17)18/h2-3,6,11H,4-5,7H2,1H3,(H,17,18). The highest BCUT2D eigenvalue weighted by Gasteiger charge is 2.33. The largest absolute Gasteiger partial charge is 0.480 e. The van der Waals surface area contributed by atoms with Crippen LogP contribution in [-0.2, 0) is 4.79 Å². The number of aliphatic carboxylic acids is 1. The van der Waals surface area contributed by atoms with E-state index in [1.54, 1.807) is 30.0 Å². The van der Waals surface area contributed by atoms with Crippen LogP contribution in [0.2, 0.25) is 5.02 Å². The number of hydrogen-bond donors (Lipinski definition) is 1. The lowest BCUT2D eigenvalue weighted by Gasteiger charge is -2.33. The van der Waals surface area contributed by atoms with Crippen LogP contribution in [-0.4, -0.2) is 46.0 Å². The molecule has 0 aromatic heterocycles. The van der Waals surface area contributed by atoms with E-state index in [0.717, 1.165) is 11.3 Å². The summed E-state index contributed by atoms with van der Waals surface area (Å²) in [6.45, 7) is 2.27. The average Bonchev–Trinajstić information content (AvgIpc) is 2.40. The monoisotopic (exact) mass is 299 g/mol. The predicted octanol–water partition coefficient (Wildman–Crippen LogP) is 2.29. The van der Waals surface area contributed by atoms with Crippen molar-refractivity contribution in [2.24, 2.45) is 0 Å². The van der Waals surface area contributed by atoms with Crippen LogP contribution in [0.25, 0.3) is 0 Å². The van der Waals surface area contributed by atoms with Gasteiger partial charge in [-0.15, -0.1) is 0 Å². The zero-order valence-corrected chi connectivity index (χ0v) is 12.0. The van der Waals surface area contributed by atoms with E-state index in [1.807, 2.05) is 6.92 Å². The summed E-state index contributed by atoms with van der Waals surface area (Å²) in [6, 6.07) is 4.32. The summed E-state index contributed by atoms with van der Waals surface area (Å²) < 4.78 is 0. The lowest BCUT2D eigenvalue weighted by atomic mass is 10.1. The highest BCUT2D eigenvalue weighted by atomic mass is 35.5. The fourth-order valence-corrected chi connectivity index (χ4v) is 3.24. The molecule has 1 amide bonds. The molecule has 1 aliphatic rings. The van der Waals surface area contributed by atoms with Crippen LogP contribution in [0.4, 0.5) is 0 Å². The van der Waals surface area contributed by atoms with Gasteiger partial charge in [0.15, 0.2) is 0 Å². The summed E-state index contributed by atoms with van der Waals surface area (Å²) in [5.74, 6) is -0.0246. The van der Waals surface area contributed by atoms with Crippen LogP contribution in [0.15, 0.2) is 18.2 Å². The molecule has 1 atom stereocenters. The van der Waals surface area contributed by atoms with Gasteiger partial charge in [-0.25, -0.2) is 4.79 Å². The van der Waals surface area contributed by atoms with Crippen LogP contribution in [0.5, 0.6) is 0 Å². The molecule has 0 saturated carbocycles.